The van der Waals surface area contributed by atoms with Crippen LogP contribution in [0.15, 0.2) is 36.4 Å². The predicted molar refractivity (Wildman–Crippen MR) is 69.5 cm³/mol. The van der Waals surface area contributed by atoms with Crippen molar-refractivity contribution in [3.05, 3.63) is 42.0 Å². The average Bonchev–Trinajstić information content (AvgIpc) is 2.34. The molecule has 1 aromatic rings. The fraction of sp³-hybridized carbons (Fsp3) is 0.429. The molecule has 0 aromatic heterocycles. The number of hydrogen-bond acceptors (Lipinski definition) is 2. The third kappa shape index (κ3) is 6.38. The molecular formula is C14H21NO. The van der Waals surface area contributed by atoms with E-state index in [4.69, 9.17) is 4.74 Å². The van der Waals surface area contributed by atoms with Gasteiger partial charge in [0.1, 0.15) is 0 Å². The smallest absolute Gasteiger partial charge is 0.0650 e. The van der Waals surface area contributed by atoms with E-state index in [1.165, 1.54) is 12.0 Å². The molecule has 0 saturated carbocycles. The van der Waals surface area contributed by atoms with Crippen LogP contribution in [0, 0.1) is 0 Å². The quantitative estimate of drug-likeness (QED) is 0.679. The van der Waals surface area contributed by atoms with Crippen LogP contribution in [0.1, 0.15) is 18.4 Å². The standard InChI is InChI=1S/C14H21NO/c1-15-11-5-6-12-16-13-7-10-14-8-3-2-4-9-14/h2-4,7-10,15H,5-6,11-13H2,1H3. The van der Waals surface area contributed by atoms with Gasteiger partial charge >= 0.3 is 0 Å². The molecule has 16 heavy (non-hydrogen) atoms. The third-order valence-corrected chi connectivity index (χ3v) is 2.29. The predicted octanol–water partition coefficient (Wildman–Crippen LogP) is 2.72. The van der Waals surface area contributed by atoms with Gasteiger partial charge in [0.25, 0.3) is 0 Å². The average molecular weight is 219 g/mol. The summed E-state index contributed by atoms with van der Waals surface area (Å²) in [6, 6.07) is 10.3. The second kappa shape index (κ2) is 9.13. The Kier molecular flexibility index (Phi) is 7.39. The number of benzene rings is 1. The van der Waals surface area contributed by atoms with Crippen LogP contribution in [0.5, 0.6) is 0 Å². The molecule has 0 aliphatic rings. The Balaban J connectivity index is 2.01. The molecule has 0 heterocycles. The van der Waals surface area contributed by atoms with Crippen molar-refractivity contribution in [3.63, 3.8) is 0 Å². The Hall–Kier alpha value is -1.12. The number of rotatable bonds is 8. The zero-order valence-electron chi connectivity index (χ0n) is 9.99. The van der Waals surface area contributed by atoms with Gasteiger partial charge in [-0.05, 0) is 32.0 Å². The highest BCUT2D eigenvalue weighted by Gasteiger charge is 1.87. The Bertz CT molecular complexity index is 282. The van der Waals surface area contributed by atoms with Crippen LogP contribution in [-0.2, 0) is 4.74 Å². The van der Waals surface area contributed by atoms with Crippen molar-refractivity contribution in [2.24, 2.45) is 0 Å². The first-order valence-corrected chi connectivity index (χ1v) is 5.87. The fourth-order valence-electron chi connectivity index (χ4n) is 1.41. The number of ether oxygens (including phenoxy) is 1. The van der Waals surface area contributed by atoms with E-state index in [0.717, 1.165) is 19.6 Å². The lowest BCUT2D eigenvalue weighted by atomic mass is 10.2. The van der Waals surface area contributed by atoms with Gasteiger partial charge in [-0.1, -0.05) is 42.5 Å². The maximum atomic E-state index is 5.49. The second-order valence-electron chi connectivity index (χ2n) is 3.70. The van der Waals surface area contributed by atoms with Crippen molar-refractivity contribution in [1.29, 1.82) is 0 Å². The van der Waals surface area contributed by atoms with E-state index in [1.807, 2.05) is 25.2 Å². The molecule has 1 rings (SSSR count). The molecular weight excluding hydrogens is 198 g/mol. The summed E-state index contributed by atoms with van der Waals surface area (Å²) < 4.78 is 5.49. The number of nitrogens with one attached hydrogen (secondary N) is 1. The normalized spacial score (nSPS) is 11.1. The van der Waals surface area contributed by atoms with Gasteiger partial charge < -0.3 is 10.1 Å². The molecule has 0 bridgehead atoms. The zero-order chi connectivity index (χ0) is 11.5. The lowest BCUT2D eigenvalue weighted by Gasteiger charge is -2.00. The van der Waals surface area contributed by atoms with Gasteiger partial charge in [0.2, 0.25) is 0 Å². The molecule has 0 aliphatic heterocycles. The topological polar surface area (TPSA) is 21.3 Å². The van der Waals surface area contributed by atoms with Crippen molar-refractivity contribution in [3.8, 4) is 0 Å². The summed E-state index contributed by atoms with van der Waals surface area (Å²) in [6.07, 6.45) is 6.46. The molecule has 1 aromatic carbocycles. The van der Waals surface area contributed by atoms with Crippen molar-refractivity contribution in [2.75, 3.05) is 26.8 Å². The number of hydrogen-bond donors (Lipinski definition) is 1. The summed E-state index contributed by atoms with van der Waals surface area (Å²) in [5.74, 6) is 0. The van der Waals surface area contributed by atoms with Crippen molar-refractivity contribution >= 4 is 6.08 Å². The summed E-state index contributed by atoms with van der Waals surface area (Å²) in [4.78, 5) is 0. The summed E-state index contributed by atoms with van der Waals surface area (Å²) in [7, 11) is 1.98. The van der Waals surface area contributed by atoms with E-state index < -0.39 is 0 Å². The Morgan fingerprint density at radius 3 is 2.75 bits per heavy atom. The minimum Gasteiger partial charge on any atom is -0.377 e. The minimum absolute atomic E-state index is 0.703. The molecule has 88 valence electrons. The lowest BCUT2D eigenvalue weighted by molar-refractivity contribution is 0.158. The molecule has 0 aliphatic carbocycles. The summed E-state index contributed by atoms with van der Waals surface area (Å²) in [5, 5.41) is 3.12. The molecule has 0 atom stereocenters. The molecule has 2 heteroatoms. The van der Waals surface area contributed by atoms with Gasteiger partial charge in [0, 0.05) is 6.61 Å². The largest absolute Gasteiger partial charge is 0.377 e. The molecule has 0 radical (unpaired) electrons. The zero-order valence-corrected chi connectivity index (χ0v) is 9.99. The number of unbranched alkanes of at least 4 members (excludes halogenated alkanes) is 1. The van der Waals surface area contributed by atoms with Crippen LogP contribution < -0.4 is 5.32 Å². The highest BCUT2D eigenvalue weighted by atomic mass is 16.5. The van der Waals surface area contributed by atoms with Crippen LogP contribution in [0.2, 0.25) is 0 Å². The van der Waals surface area contributed by atoms with Crippen LogP contribution in [0.25, 0.3) is 6.08 Å². The van der Waals surface area contributed by atoms with Gasteiger partial charge in [0.05, 0.1) is 6.61 Å². The van der Waals surface area contributed by atoms with Crippen LogP contribution in [0.3, 0.4) is 0 Å². The summed E-state index contributed by atoms with van der Waals surface area (Å²) in [6.45, 7) is 2.62. The Labute approximate surface area is 98.3 Å². The monoisotopic (exact) mass is 219 g/mol. The molecule has 2 nitrogen and oxygen atoms in total. The first-order valence-electron chi connectivity index (χ1n) is 5.87. The lowest BCUT2D eigenvalue weighted by Crippen LogP contribution is -2.08. The highest BCUT2D eigenvalue weighted by Crippen LogP contribution is 2.00. The fourth-order valence-corrected chi connectivity index (χ4v) is 1.41. The minimum atomic E-state index is 0.703. The van der Waals surface area contributed by atoms with E-state index in [0.29, 0.717) is 6.61 Å². The molecule has 0 amide bonds. The first kappa shape index (κ1) is 12.9. The van der Waals surface area contributed by atoms with E-state index in [9.17, 15) is 0 Å². The molecule has 0 spiro atoms. The van der Waals surface area contributed by atoms with Crippen LogP contribution >= 0.6 is 0 Å². The maximum Gasteiger partial charge on any atom is 0.0650 e. The van der Waals surface area contributed by atoms with Crippen LogP contribution in [0.4, 0.5) is 0 Å². The Morgan fingerprint density at radius 1 is 1.19 bits per heavy atom. The molecule has 0 fully saturated rings. The molecule has 0 unspecified atom stereocenters. The van der Waals surface area contributed by atoms with Gasteiger partial charge in [-0.3, -0.25) is 0 Å². The SMILES string of the molecule is CNCCCCOCC=Cc1ccccc1. The summed E-state index contributed by atoms with van der Waals surface area (Å²) in [5.41, 5.74) is 1.22. The molecule has 1 N–H and O–H groups in total. The molecule has 0 saturated heterocycles. The van der Waals surface area contributed by atoms with Gasteiger partial charge in [-0.25, -0.2) is 0 Å². The van der Waals surface area contributed by atoms with E-state index >= 15 is 0 Å². The van der Waals surface area contributed by atoms with Gasteiger partial charge in [0.15, 0.2) is 0 Å². The maximum absolute atomic E-state index is 5.49. The van der Waals surface area contributed by atoms with Crippen molar-refractivity contribution < 1.29 is 4.74 Å². The van der Waals surface area contributed by atoms with Crippen molar-refractivity contribution in [2.45, 2.75) is 12.8 Å². The summed E-state index contributed by atoms with van der Waals surface area (Å²) >= 11 is 0. The van der Waals surface area contributed by atoms with E-state index in [-0.39, 0.29) is 0 Å². The van der Waals surface area contributed by atoms with Gasteiger partial charge in [-0.15, -0.1) is 0 Å². The Morgan fingerprint density at radius 2 is 2.00 bits per heavy atom. The van der Waals surface area contributed by atoms with E-state index in [2.05, 4.69) is 29.6 Å². The second-order valence-corrected chi connectivity index (χ2v) is 3.70. The highest BCUT2D eigenvalue weighted by molar-refractivity contribution is 5.48. The van der Waals surface area contributed by atoms with Crippen molar-refractivity contribution in [1.82, 2.24) is 5.32 Å². The third-order valence-electron chi connectivity index (χ3n) is 2.29. The van der Waals surface area contributed by atoms with Crippen LogP contribution in [-0.4, -0.2) is 26.8 Å². The first-order chi connectivity index (χ1) is 7.93. The van der Waals surface area contributed by atoms with Gasteiger partial charge in [-0.2, -0.15) is 0 Å². The van der Waals surface area contributed by atoms with E-state index in [1.54, 1.807) is 0 Å².